The molecule has 0 saturated heterocycles. The Labute approximate surface area is 144 Å². The topological polar surface area (TPSA) is 33.1 Å². The van der Waals surface area contributed by atoms with E-state index in [1.54, 1.807) is 18.0 Å². The van der Waals surface area contributed by atoms with Crippen LogP contribution < -0.4 is 5.32 Å². The molecule has 0 spiro atoms. The Hall–Kier alpha value is -2.09. The number of alkyl halides is 3. The first-order chi connectivity index (χ1) is 11.2. The maximum atomic E-state index is 12.8. The van der Waals surface area contributed by atoms with Crippen LogP contribution >= 0.6 is 12.2 Å². The Morgan fingerprint density at radius 1 is 1.38 bits per heavy atom. The molecule has 2 aromatic rings. The fraction of sp³-hybridized carbons (Fsp3) is 0.375. The van der Waals surface area contributed by atoms with Crippen molar-refractivity contribution in [1.82, 2.24) is 14.7 Å². The van der Waals surface area contributed by atoms with Gasteiger partial charge in [0.2, 0.25) is 0 Å². The zero-order valence-corrected chi connectivity index (χ0v) is 14.5. The van der Waals surface area contributed by atoms with Crippen LogP contribution in [0.2, 0.25) is 0 Å². The highest BCUT2D eigenvalue weighted by Gasteiger charge is 2.30. The minimum Gasteiger partial charge on any atom is -0.348 e. The van der Waals surface area contributed by atoms with Crippen LogP contribution in [0.15, 0.2) is 30.5 Å². The van der Waals surface area contributed by atoms with Crippen molar-refractivity contribution in [2.45, 2.75) is 33.1 Å². The molecule has 0 unspecified atom stereocenters. The Kier molecular flexibility index (Phi) is 5.48. The SMILES string of the molecule is CCn1cc(CN(C)C(=S)Nc2cccc(C(F)(F)F)c2)c(C)n1. The molecular weight excluding hydrogens is 337 g/mol. The van der Waals surface area contributed by atoms with E-state index >= 15 is 0 Å². The van der Waals surface area contributed by atoms with Crippen LogP contribution in [0.5, 0.6) is 0 Å². The standard InChI is InChI=1S/C16H19F3N4S/c1-4-23-10-12(11(2)21-23)9-22(3)15(24)20-14-7-5-6-13(8-14)16(17,18)19/h5-8,10H,4,9H2,1-3H3,(H,20,24). The highest BCUT2D eigenvalue weighted by molar-refractivity contribution is 7.80. The van der Waals surface area contributed by atoms with Gasteiger partial charge in [0.1, 0.15) is 0 Å². The molecule has 0 fully saturated rings. The summed E-state index contributed by atoms with van der Waals surface area (Å²) >= 11 is 5.28. The summed E-state index contributed by atoms with van der Waals surface area (Å²) in [5, 5.41) is 7.56. The Bertz CT molecular complexity index is 724. The number of hydrogen-bond donors (Lipinski definition) is 1. The summed E-state index contributed by atoms with van der Waals surface area (Å²) in [5.41, 5.74) is 1.53. The normalized spacial score (nSPS) is 11.4. The van der Waals surface area contributed by atoms with E-state index < -0.39 is 11.7 Å². The van der Waals surface area contributed by atoms with E-state index in [1.165, 1.54) is 6.07 Å². The summed E-state index contributed by atoms with van der Waals surface area (Å²) < 4.78 is 40.1. The van der Waals surface area contributed by atoms with E-state index in [9.17, 15) is 13.2 Å². The van der Waals surface area contributed by atoms with Crippen LogP contribution in [-0.2, 0) is 19.3 Å². The third-order valence-electron chi connectivity index (χ3n) is 3.57. The van der Waals surface area contributed by atoms with Crippen molar-refractivity contribution in [3.63, 3.8) is 0 Å². The first kappa shape index (κ1) is 18.3. The average Bonchev–Trinajstić information content (AvgIpc) is 2.87. The summed E-state index contributed by atoms with van der Waals surface area (Å²) in [4.78, 5) is 1.76. The number of thiocarbonyl (C=S) groups is 1. The number of aryl methyl sites for hydroxylation is 2. The average molecular weight is 356 g/mol. The molecule has 1 N–H and O–H groups in total. The van der Waals surface area contributed by atoms with Crippen LogP contribution in [0.4, 0.5) is 18.9 Å². The maximum Gasteiger partial charge on any atom is 0.416 e. The van der Waals surface area contributed by atoms with Crippen molar-refractivity contribution in [3.05, 3.63) is 47.3 Å². The second kappa shape index (κ2) is 7.21. The molecule has 0 aliphatic carbocycles. The molecule has 0 aliphatic rings. The van der Waals surface area contributed by atoms with E-state index in [-0.39, 0.29) is 0 Å². The summed E-state index contributed by atoms with van der Waals surface area (Å²) in [6.07, 6.45) is -2.43. The predicted molar refractivity (Wildman–Crippen MR) is 91.8 cm³/mol. The molecular formula is C16H19F3N4S. The summed E-state index contributed by atoms with van der Waals surface area (Å²) in [7, 11) is 1.78. The van der Waals surface area contributed by atoms with Gasteiger partial charge in [-0.05, 0) is 44.3 Å². The minimum absolute atomic E-state index is 0.308. The lowest BCUT2D eigenvalue weighted by molar-refractivity contribution is -0.137. The summed E-state index contributed by atoms with van der Waals surface area (Å²) in [6, 6.07) is 4.97. The molecule has 24 heavy (non-hydrogen) atoms. The van der Waals surface area contributed by atoms with E-state index in [0.717, 1.165) is 29.9 Å². The van der Waals surface area contributed by atoms with Crippen molar-refractivity contribution < 1.29 is 13.2 Å². The van der Waals surface area contributed by atoms with Gasteiger partial charge in [-0.1, -0.05) is 6.07 Å². The van der Waals surface area contributed by atoms with E-state index in [0.29, 0.717) is 17.3 Å². The number of nitrogens with zero attached hydrogens (tertiary/aromatic N) is 3. The molecule has 0 aliphatic heterocycles. The van der Waals surface area contributed by atoms with Crippen LogP contribution in [0, 0.1) is 6.92 Å². The maximum absolute atomic E-state index is 12.8. The van der Waals surface area contributed by atoms with Gasteiger partial charge in [-0.2, -0.15) is 18.3 Å². The third kappa shape index (κ3) is 4.47. The van der Waals surface area contributed by atoms with Gasteiger partial charge >= 0.3 is 6.18 Å². The van der Waals surface area contributed by atoms with Crippen molar-refractivity contribution in [2.75, 3.05) is 12.4 Å². The van der Waals surface area contributed by atoms with Gasteiger partial charge in [-0.15, -0.1) is 0 Å². The molecule has 0 saturated carbocycles. The Morgan fingerprint density at radius 3 is 2.67 bits per heavy atom. The van der Waals surface area contributed by atoms with Crippen LogP contribution in [0.1, 0.15) is 23.7 Å². The van der Waals surface area contributed by atoms with Crippen molar-refractivity contribution >= 4 is 23.0 Å². The van der Waals surface area contributed by atoms with Gasteiger partial charge in [0.15, 0.2) is 5.11 Å². The Balaban J connectivity index is 2.05. The number of aromatic nitrogens is 2. The number of hydrogen-bond acceptors (Lipinski definition) is 2. The first-order valence-corrected chi connectivity index (χ1v) is 7.84. The van der Waals surface area contributed by atoms with Crippen molar-refractivity contribution in [1.29, 1.82) is 0 Å². The molecule has 0 atom stereocenters. The largest absolute Gasteiger partial charge is 0.416 e. The minimum atomic E-state index is -4.38. The lowest BCUT2D eigenvalue weighted by Gasteiger charge is -2.21. The number of rotatable bonds is 4. The molecule has 0 radical (unpaired) electrons. The van der Waals surface area contributed by atoms with Crippen LogP contribution in [0.25, 0.3) is 0 Å². The molecule has 4 nitrogen and oxygen atoms in total. The highest BCUT2D eigenvalue weighted by Crippen LogP contribution is 2.30. The monoisotopic (exact) mass is 356 g/mol. The lowest BCUT2D eigenvalue weighted by atomic mass is 10.2. The van der Waals surface area contributed by atoms with Crippen LogP contribution in [0.3, 0.4) is 0 Å². The molecule has 8 heteroatoms. The molecule has 1 heterocycles. The summed E-state index contributed by atoms with van der Waals surface area (Å²) in [6.45, 7) is 5.21. The van der Waals surface area contributed by atoms with Gasteiger partial charge in [0.25, 0.3) is 0 Å². The van der Waals surface area contributed by atoms with Gasteiger partial charge in [0, 0.05) is 37.6 Å². The molecule has 2 rings (SSSR count). The Morgan fingerprint density at radius 2 is 2.08 bits per heavy atom. The van der Waals surface area contributed by atoms with Gasteiger partial charge in [0.05, 0.1) is 11.3 Å². The summed E-state index contributed by atoms with van der Waals surface area (Å²) in [5.74, 6) is 0. The second-order valence-electron chi connectivity index (χ2n) is 5.46. The van der Waals surface area contributed by atoms with Gasteiger partial charge in [-0.3, -0.25) is 4.68 Å². The number of anilines is 1. The highest BCUT2D eigenvalue weighted by atomic mass is 32.1. The fourth-order valence-electron chi connectivity index (χ4n) is 2.20. The smallest absolute Gasteiger partial charge is 0.348 e. The zero-order valence-electron chi connectivity index (χ0n) is 13.7. The molecule has 1 aromatic carbocycles. The van der Waals surface area contributed by atoms with Crippen LogP contribution in [-0.4, -0.2) is 26.8 Å². The van der Waals surface area contributed by atoms with E-state index in [2.05, 4.69) is 10.4 Å². The lowest BCUT2D eigenvalue weighted by Crippen LogP contribution is -2.30. The zero-order chi connectivity index (χ0) is 17.9. The van der Waals surface area contributed by atoms with Gasteiger partial charge < -0.3 is 10.2 Å². The number of halogens is 3. The van der Waals surface area contributed by atoms with Crippen molar-refractivity contribution in [2.24, 2.45) is 0 Å². The van der Waals surface area contributed by atoms with E-state index in [1.807, 2.05) is 24.7 Å². The quantitative estimate of drug-likeness (QED) is 0.838. The molecule has 1 aromatic heterocycles. The molecule has 0 bridgehead atoms. The fourth-order valence-corrected chi connectivity index (χ4v) is 2.38. The second-order valence-corrected chi connectivity index (χ2v) is 5.85. The first-order valence-electron chi connectivity index (χ1n) is 7.43. The molecule has 130 valence electrons. The third-order valence-corrected chi connectivity index (χ3v) is 3.98. The number of nitrogens with one attached hydrogen (secondary N) is 1. The van der Waals surface area contributed by atoms with Crippen molar-refractivity contribution in [3.8, 4) is 0 Å². The predicted octanol–water partition coefficient (Wildman–Crippen LogP) is 4.06. The number of benzene rings is 1. The van der Waals surface area contributed by atoms with E-state index in [4.69, 9.17) is 12.2 Å². The molecule has 0 amide bonds. The van der Waals surface area contributed by atoms with Gasteiger partial charge in [-0.25, -0.2) is 0 Å².